The maximum Gasteiger partial charge on any atom is 0.410 e. The number of halogens is 2. The summed E-state index contributed by atoms with van der Waals surface area (Å²) in [6, 6.07) is 12.9. The summed E-state index contributed by atoms with van der Waals surface area (Å²) >= 11 is 12.5. The molecule has 5 rings (SSSR count). The van der Waals surface area contributed by atoms with Crippen molar-refractivity contribution in [1.29, 1.82) is 0 Å². The molecular formula is C27H28Cl2N6O4. The Balaban J connectivity index is 1.21. The Morgan fingerprint density at radius 1 is 1.03 bits per heavy atom. The number of anilines is 4. The summed E-state index contributed by atoms with van der Waals surface area (Å²) in [5.74, 6) is 0.120. The van der Waals surface area contributed by atoms with Gasteiger partial charge in [-0.3, -0.25) is 9.69 Å². The van der Waals surface area contributed by atoms with Crippen molar-refractivity contribution in [3.8, 4) is 5.88 Å². The highest BCUT2D eigenvalue weighted by molar-refractivity contribution is 6.40. The highest BCUT2D eigenvalue weighted by atomic mass is 35.5. The summed E-state index contributed by atoms with van der Waals surface area (Å²) in [5, 5.41) is 3.83. The average molecular weight is 571 g/mol. The lowest BCUT2D eigenvalue weighted by Gasteiger charge is -2.36. The third kappa shape index (κ3) is 5.97. The van der Waals surface area contributed by atoms with Crippen molar-refractivity contribution in [2.45, 2.75) is 26.4 Å². The van der Waals surface area contributed by atoms with E-state index in [0.29, 0.717) is 47.9 Å². The van der Waals surface area contributed by atoms with Crippen LogP contribution >= 0.6 is 23.2 Å². The van der Waals surface area contributed by atoms with E-state index in [-0.39, 0.29) is 30.2 Å². The summed E-state index contributed by atoms with van der Waals surface area (Å²) in [6.45, 7) is 8.12. The maximum absolute atomic E-state index is 13.1. The molecule has 0 atom stereocenters. The van der Waals surface area contributed by atoms with Crippen LogP contribution in [0.5, 0.6) is 5.88 Å². The Bertz CT molecular complexity index is 1370. The molecule has 0 saturated carbocycles. The number of hydrogen-bond donors (Lipinski definition) is 1. The molecule has 3 aromatic rings. The van der Waals surface area contributed by atoms with E-state index in [1.165, 1.54) is 11.1 Å². The zero-order valence-corrected chi connectivity index (χ0v) is 23.3. The Labute approximate surface area is 236 Å². The number of amides is 2. The molecule has 0 bridgehead atoms. The van der Waals surface area contributed by atoms with Gasteiger partial charge in [-0.25, -0.2) is 9.78 Å². The van der Waals surface area contributed by atoms with Crippen LogP contribution < -0.4 is 19.9 Å². The van der Waals surface area contributed by atoms with Gasteiger partial charge < -0.3 is 24.6 Å². The molecule has 0 aliphatic carbocycles. The van der Waals surface area contributed by atoms with Crippen molar-refractivity contribution in [1.82, 2.24) is 14.9 Å². The zero-order valence-electron chi connectivity index (χ0n) is 21.8. The SMILES string of the molecule is CC(C)(C)OC(=O)N1CCN(c2ccc(Nc3ncc4c(n3)OCN(c3c(Cl)cccc3Cl)C4=O)cc2)CC1. The molecular weight excluding hydrogens is 543 g/mol. The third-order valence-electron chi connectivity index (χ3n) is 6.19. The Morgan fingerprint density at radius 2 is 1.69 bits per heavy atom. The normalized spacial score (nSPS) is 15.5. The first-order chi connectivity index (χ1) is 18.6. The van der Waals surface area contributed by atoms with Crippen molar-refractivity contribution in [3.63, 3.8) is 0 Å². The van der Waals surface area contributed by atoms with Crippen LogP contribution in [0.1, 0.15) is 31.1 Å². The molecule has 39 heavy (non-hydrogen) atoms. The molecule has 2 amide bonds. The van der Waals surface area contributed by atoms with Gasteiger partial charge in [-0.1, -0.05) is 29.3 Å². The largest absolute Gasteiger partial charge is 0.455 e. The molecule has 12 heteroatoms. The van der Waals surface area contributed by atoms with Gasteiger partial charge in [-0.05, 0) is 57.2 Å². The van der Waals surface area contributed by atoms with E-state index in [2.05, 4.69) is 20.2 Å². The third-order valence-corrected chi connectivity index (χ3v) is 6.80. The summed E-state index contributed by atoms with van der Waals surface area (Å²) in [6.07, 6.45) is 1.14. The summed E-state index contributed by atoms with van der Waals surface area (Å²) < 4.78 is 11.2. The summed E-state index contributed by atoms with van der Waals surface area (Å²) in [4.78, 5) is 39.4. The van der Waals surface area contributed by atoms with Crippen LogP contribution in [0.3, 0.4) is 0 Å². The number of benzene rings is 2. The van der Waals surface area contributed by atoms with Gasteiger partial charge >= 0.3 is 6.09 Å². The fourth-order valence-electron chi connectivity index (χ4n) is 4.28. The van der Waals surface area contributed by atoms with E-state index in [9.17, 15) is 9.59 Å². The molecule has 1 fully saturated rings. The van der Waals surface area contributed by atoms with Crippen LogP contribution in [0.2, 0.25) is 10.0 Å². The zero-order chi connectivity index (χ0) is 27.7. The maximum atomic E-state index is 13.1. The second kappa shape index (κ2) is 10.8. The number of carbonyl (C=O) groups is 2. The van der Waals surface area contributed by atoms with Gasteiger partial charge in [-0.2, -0.15) is 4.98 Å². The Morgan fingerprint density at radius 3 is 2.33 bits per heavy atom. The molecule has 0 unspecified atom stereocenters. The molecule has 0 spiro atoms. The van der Waals surface area contributed by atoms with Crippen molar-refractivity contribution in [3.05, 3.63) is 64.3 Å². The monoisotopic (exact) mass is 570 g/mol. The number of carbonyl (C=O) groups excluding carboxylic acids is 2. The van der Waals surface area contributed by atoms with E-state index >= 15 is 0 Å². The number of hydrogen-bond acceptors (Lipinski definition) is 8. The first-order valence-electron chi connectivity index (χ1n) is 12.4. The van der Waals surface area contributed by atoms with E-state index in [0.717, 1.165) is 11.4 Å². The molecule has 2 aliphatic rings. The van der Waals surface area contributed by atoms with Gasteiger partial charge in [0.15, 0.2) is 6.73 Å². The first kappa shape index (κ1) is 26.8. The van der Waals surface area contributed by atoms with Gasteiger partial charge in [0, 0.05) is 43.8 Å². The fourth-order valence-corrected chi connectivity index (χ4v) is 4.89. The molecule has 1 N–H and O–H groups in total. The Hall–Kier alpha value is -3.76. The molecule has 1 saturated heterocycles. The van der Waals surface area contributed by atoms with Crippen LogP contribution in [0.15, 0.2) is 48.7 Å². The molecule has 2 aromatic carbocycles. The van der Waals surface area contributed by atoms with E-state index in [1.54, 1.807) is 23.1 Å². The van der Waals surface area contributed by atoms with Gasteiger partial charge in [0.2, 0.25) is 11.8 Å². The number of nitrogens with zero attached hydrogens (tertiary/aromatic N) is 5. The van der Waals surface area contributed by atoms with E-state index in [1.807, 2.05) is 45.0 Å². The standard InChI is InChI=1S/C27H28Cl2N6O4/c1-27(2,3)39-26(37)34-13-11-33(12-14-34)18-9-7-17(8-10-18)31-25-30-15-19-23(32-25)38-16-35(24(19)36)22-20(28)5-4-6-21(22)29/h4-10,15H,11-14,16H2,1-3H3,(H,30,31,32). The van der Waals surface area contributed by atoms with Crippen molar-refractivity contribution >= 4 is 58.2 Å². The number of nitrogens with one attached hydrogen (secondary N) is 1. The number of rotatable bonds is 4. The van der Waals surface area contributed by atoms with E-state index in [4.69, 9.17) is 32.7 Å². The summed E-state index contributed by atoms with van der Waals surface area (Å²) in [5.41, 5.74) is 1.90. The van der Waals surface area contributed by atoms with Crippen LogP contribution in [0.25, 0.3) is 0 Å². The van der Waals surface area contributed by atoms with Crippen molar-refractivity contribution < 1.29 is 19.1 Å². The minimum absolute atomic E-state index is 0.0817. The smallest absolute Gasteiger partial charge is 0.410 e. The fraction of sp³-hybridized carbons (Fsp3) is 0.333. The molecule has 3 heterocycles. The minimum atomic E-state index is -0.508. The number of aromatic nitrogens is 2. The quantitative estimate of drug-likeness (QED) is 0.433. The number of fused-ring (bicyclic) bond motifs is 1. The molecule has 10 nitrogen and oxygen atoms in total. The topological polar surface area (TPSA) is 100 Å². The summed E-state index contributed by atoms with van der Waals surface area (Å²) in [7, 11) is 0. The minimum Gasteiger partial charge on any atom is -0.455 e. The average Bonchev–Trinajstić information content (AvgIpc) is 2.89. The Kier molecular flexibility index (Phi) is 7.42. The predicted octanol–water partition coefficient (Wildman–Crippen LogP) is 5.58. The number of ether oxygens (including phenoxy) is 2. The van der Waals surface area contributed by atoms with Gasteiger partial charge in [0.1, 0.15) is 11.2 Å². The lowest BCUT2D eigenvalue weighted by molar-refractivity contribution is 0.0240. The molecule has 2 aliphatic heterocycles. The van der Waals surface area contributed by atoms with Gasteiger partial charge in [0.05, 0.1) is 15.7 Å². The number of piperazine rings is 1. The molecule has 204 valence electrons. The van der Waals surface area contributed by atoms with Crippen LogP contribution in [-0.4, -0.2) is 65.4 Å². The molecule has 1 aromatic heterocycles. The van der Waals surface area contributed by atoms with Crippen molar-refractivity contribution in [2.75, 3.05) is 48.0 Å². The van der Waals surface area contributed by atoms with Gasteiger partial charge in [0.25, 0.3) is 5.91 Å². The van der Waals surface area contributed by atoms with Crippen LogP contribution in [0.4, 0.5) is 27.8 Å². The second-order valence-electron chi connectivity index (χ2n) is 10.1. The second-order valence-corrected chi connectivity index (χ2v) is 10.9. The predicted molar refractivity (Wildman–Crippen MR) is 151 cm³/mol. The van der Waals surface area contributed by atoms with Gasteiger partial charge in [-0.15, -0.1) is 0 Å². The first-order valence-corrected chi connectivity index (χ1v) is 13.2. The molecule has 0 radical (unpaired) electrons. The lowest BCUT2D eigenvalue weighted by atomic mass is 10.2. The van der Waals surface area contributed by atoms with E-state index < -0.39 is 5.60 Å². The van der Waals surface area contributed by atoms with Crippen LogP contribution in [-0.2, 0) is 4.74 Å². The highest BCUT2D eigenvalue weighted by Gasteiger charge is 2.31. The lowest BCUT2D eigenvalue weighted by Crippen LogP contribution is -2.50. The van der Waals surface area contributed by atoms with Crippen LogP contribution in [0, 0.1) is 0 Å². The van der Waals surface area contributed by atoms with Crippen molar-refractivity contribution in [2.24, 2.45) is 0 Å². The number of para-hydroxylation sites is 1. The highest BCUT2D eigenvalue weighted by Crippen LogP contribution is 2.37.